The molecule has 19 heavy (non-hydrogen) atoms. The third kappa shape index (κ3) is 5.66. The molecule has 0 unspecified atom stereocenters. The van der Waals surface area contributed by atoms with Crippen molar-refractivity contribution in [3.63, 3.8) is 0 Å². The Morgan fingerprint density at radius 1 is 1.16 bits per heavy atom. The smallest absolute Gasteiger partial charge is 0.358 e. The molecule has 0 atom stereocenters. The van der Waals surface area contributed by atoms with Crippen LogP contribution in [0.15, 0.2) is 15.0 Å². The van der Waals surface area contributed by atoms with E-state index < -0.39 is 11.6 Å². The van der Waals surface area contributed by atoms with Gasteiger partial charge in [-0.1, -0.05) is 13.3 Å². The van der Waals surface area contributed by atoms with Crippen molar-refractivity contribution in [2.24, 2.45) is 15.0 Å². The van der Waals surface area contributed by atoms with Gasteiger partial charge in [0.05, 0.1) is 6.54 Å². The summed E-state index contributed by atoms with van der Waals surface area (Å²) in [6.45, 7) is 1.57. The SMILES string of the molecule is CCCCC(N=C=O)(N=C=O)C(=O)OCCN=C=O. The second kappa shape index (κ2) is 9.62. The molecule has 0 radical (unpaired) electrons. The first-order valence-electron chi connectivity index (χ1n) is 5.55. The first kappa shape index (κ1) is 16.6. The molecule has 0 aromatic carbocycles. The molecule has 0 heterocycles. The molecule has 0 aliphatic heterocycles. The van der Waals surface area contributed by atoms with Crippen LogP contribution in [-0.4, -0.2) is 43.0 Å². The molecule has 0 N–H and O–H groups in total. The lowest BCUT2D eigenvalue weighted by Gasteiger charge is -2.19. The summed E-state index contributed by atoms with van der Waals surface area (Å²) in [6.07, 6.45) is 4.91. The maximum Gasteiger partial charge on any atom is 0.358 e. The lowest BCUT2D eigenvalue weighted by molar-refractivity contribution is -0.149. The van der Waals surface area contributed by atoms with E-state index in [4.69, 9.17) is 4.74 Å². The zero-order chi connectivity index (χ0) is 14.6. The largest absolute Gasteiger partial charge is 0.460 e. The number of nitrogens with zero attached hydrogens (tertiary/aromatic N) is 3. The van der Waals surface area contributed by atoms with Crippen LogP contribution >= 0.6 is 0 Å². The van der Waals surface area contributed by atoms with Gasteiger partial charge in [-0.3, -0.25) is 0 Å². The zero-order valence-corrected chi connectivity index (χ0v) is 10.4. The summed E-state index contributed by atoms with van der Waals surface area (Å²) < 4.78 is 4.75. The van der Waals surface area contributed by atoms with Crippen LogP contribution in [0.1, 0.15) is 26.2 Å². The molecule has 0 aromatic rings. The number of isocyanates is 3. The van der Waals surface area contributed by atoms with Crippen LogP contribution in [0.3, 0.4) is 0 Å². The minimum absolute atomic E-state index is 0.0315. The van der Waals surface area contributed by atoms with Gasteiger partial charge in [-0.25, -0.2) is 24.2 Å². The Bertz CT molecular complexity index is 425. The predicted octanol–water partition coefficient (Wildman–Crippen LogP) is 0.423. The number of hydrogen-bond acceptors (Lipinski definition) is 8. The number of aliphatic imine (C=N–C) groups is 3. The fourth-order valence-electron chi connectivity index (χ4n) is 1.25. The molecule has 0 aliphatic rings. The quantitative estimate of drug-likeness (QED) is 0.260. The Labute approximate surface area is 109 Å². The van der Waals surface area contributed by atoms with E-state index in [1.54, 1.807) is 0 Å². The summed E-state index contributed by atoms with van der Waals surface area (Å²) in [5.41, 5.74) is -1.94. The van der Waals surface area contributed by atoms with Crippen LogP contribution in [0.4, 0.5) is 0 Å². The topological polar surface area (TPSA) is 115 Å². The van der Waals surface area contributed by atoms with Crippen molar-refractivity contribution < 1.29 is 23.9 Å². The molecule has 0 saturated carbocycles. The fourth-order valence-corrected chi connectivity index (χ4v) is 1.25. The summed E-state index contributed by atoms with van der Waals surface area (Å²) in [5.74, 6) is -0.978. The average Bonchev–Trinajstić information content (AvgIpc) is 2.41. The van der Waals surface area contributed by atoms with Gasteiger partial charge in [0, 0.05) is 6.42 Å². The van der Waals surface area contributed by atoms with E-state index in [0.29, 0.717) is 12.8 Å². The molecular formula is C11H13N3O5. The van der Waals surface area contributed by atoms with E-state index in [2.05, 4.69) is 15.0 Å². The van der Waals surface area contributed by atoms with Crippen molar-refractivity contribution >= 4 is 24.2 Å². The molecule has 0 rings (SSSR count). The summed E-state index contributed by atoms with van der Waals surface area (Å²) >= 11 is 0. The molecule has 8 heteroatoms. The highest BCUT2D eigenvalue weighted by molar-refractivity contribution is 5.82. The lowest BCUT2D eigenvalue weighted by atomic mass is 10.0. The zero-order valence-electron chi connectivity index (χ0n) is 10.4. The number of ether oxygens (including phenoxy) is 1. The molecule has 0 bridgehead atoms. The Balaban J connectivity index is 4.97. The van der Waals surface area contributed by atoms with Crippen molar-refractivity contribution in [2.75, 3.05) is 13.2 Å². The minimum atomic E-state index is -1.94. The second-order valence-corrected chi connectivity index (χ2v) is 3.44. The minimum Gasteiger partial charge on any atom is -0.460 e. The van der Waals surface area contributed by atoms with Gasteiger partial charge >= 0.3 is 5.97 Å². The molecule has 0 aromatic heterocycles. The van der Waals surface area contributed by atoms with Crippen LogP contribution in [0, 0.1) is 0 Å². The van der Waals surface area contributed by atoms with Crippen LogP contribution in [0.2, 0.25) is 0 Å². The normalized spacial score (nSPS) is 12.1. The third-order valence-electron chi connectivity index (χ3n) is 2.17. The van der Waals surface area contributed by atoms with Gasteiger partial charge in [0.25, 0.3) is 5.66 Å². The van der Waals surface area contributed by atoms with E-state index in [1.807, 2.05) is 6.92 Å². The third-order valence-corrected chi connectivity index (χ3v) is 2.17. The fraction of sp³-hybridized carbons (Fsp3) is 0.636. The molecule has 0 amide bonds. The van der Waals surface area contributed by atoms with E-state index in [0.717, 1.165) is 0 Å². The Kier molecular flexibility index (Phi) is 8.41. The van der Waals surface area contributed by atoms with Crippen molar-refractivity contribution in [3.05, 3.63) is 0 Å². The number of rotatable bonds is 9. The molecule has 8 nitrogen and oxygen atoms in total. The molecular weight excluding hydrogens is 254 g/mol. The molecule has 0 aliphatic carbocycles. The average molecular weight is 267 g/mol. The highest BCUT2D eigenvalue weighted by Gasteiger charge is 2.40. The summed E-state index contributed by atoms with van der Waals surface area (Å²) in [7, 11) is 0. The molecule has 0 saturated heterocycles. The van der Waals surface area contributed by atoms with Crippen molar-refractivity contribution in [1.82, 2.24) is 0 Å². The summed E-state index contributed by atoms with van der Waals surface area (Å²) in [6, 6.07) is 0. The van der Waals surface area contributed by atoms with Gasteiger partial charge < -0.3 is 4.74 Å². The summed E-state index contributed by atoms with van der Waals surface area (Å²) in [5, 5.41) is 0. The first-order valence-corrected chi connectivity index (χ1v) is 5.55. The number of esters is 1. The van der Waals surface area contributed by atoms with Crippen LogP contribution in [0.5, 0.6) is 0 Å². The van der Waals surface area contributed by atoms with Gasteiger partial charge in [0.15, 0.2) is 0 Å². The highest BCUT2D eigenvalue weighted by Crippen LogP contribution is 2.22. The van der Waals surface area contributed by atoms with Crippen LogP contribution < -0.4 is 0 Å². The number of unbranched alkanes of at least 4 members (excludes halogenated alkanes) is 1. The van der Waals surface area contributed by atoms with Gasteiger partial charge in [0.2, 0.25) is 18.2 Å². The van der Waals surface area contributed by atoms with Crippen molar-refractivity contribution in [3.8, 4) is 0 Å². The van der Waals surface area contributed by atoms with E-state index in [1.165, 1.54) is 18.2 Å². The van der Waals surface area contributed by atoms with Gasteiger partial charge in [-0.05, 0) is 6.42 Å². The van der Waals surface area contributed by atoms with Gasteiger partial charge in [0.1, 0.15) is 6.61 Å². The van der Waals surface area contributed by atoms with Crippen molar-refractivity contribution in [1.29, 1.82) is 0 Å². The molecule has 102 valence electrons. The maximum atomic E-state index is 11.8. The maximum absolute atomic E-state index is 11.8. The van der Waals surface area contributed by atoms with E-state index in [9.17, 15) is 19.2 Å². The standard InChI is InChI=1S/C11H13N3O5/c1-2-3-4-11(13-8-16,14-9-17)10(18)19-6-5-12-7-15/h2-6H2,1H3. The van der Waals surface area contributed by atoms with E-state index in [-0.39, 0.29) is 19.6 Å². The van der Waals surface area contributed by atoms with Crippen LogP contribution in [-0.2, 0) is 23.9 Å². The lowest BCUT2D eigenvalue weighted by Crippen LogP contribution is -2.37. The van der Waals surface area contributed by atoms with Gasteiger partial charge in [-0.2, -0.15) is 9.98 Å². The molecule has 0 spiro atoms. The molecule has 0 fully saturated rings. The van der Waals surface area contributed by atoms with E-state index >= 15 is 0 Å². The number of hydrogen-bond donors (Lipinski definition) is 0. The second-order valence-electron chi connectivity index (χ2n) is 3.44. The Hall–Kier alpha value is -2.39. The van der Waals surface area contributed by atoms with Crippen molar-refractivity contribution in [2.45, 2.75) is 31.8 Å². The monoisotopic (exact) mass is 267 g/mol. The summed E-state index contributed by atoms with van der Waals surface area (Å²) in [4.78, 5) is 52.1. The predicted molar refractivity (Wildman–Crippen MR) is 62.4 cm³/mol. The number of carbonyl (C=O) groups excluding carboxylic acids is 4. The first-order chi connectivity index (χ1) is 9.16. The number of carbonyl (C=O) groups is 1. The van der Waals surface area contributed by atoms with Crippen LogP contribution in [0.25, 0.3) is 0 Å². The Morgan fingerprint density at radius 3 is 2.26 bits per heavy atom. The Morgan fingerprint density at radius 2 is 1.79 bits per heavy atom. The highest BCUT2D eigenvalue weighted by atomic mass is 16.5. The van der Waals surface area contributed by atoms with Gasteiger partial charge in [-0.15, -0.1) is 0 Å².